The predicted molar refractivity (Wildman–Crippen MR) is 95.0 cm³/mol. The Morgan fingerprint density at radius 2 is 2.04 bits per heavy atom. The van der Waals surface area contributed by atoms with E-state index in [9.17, 15) is 8.42 Å². The van der Waals surface area contributed by atoms with Crippen LogP contribution in [0.3, 0.4) is 0 Å². The summed E-state index contributed by atoms with van der Waals surface area (Å²) < 4.78 is 28.3. The molecule has 0 N–H and O–H groups in total. The lowest BCUT2D eigenvalue weighted by Crippen LogP contribution is -2.38. The maximum absolute atomic E-state index is 11.6. The number of aryl methyl sites for hydroxylation is 1. The zero-order valence-electron chi connectivity index (χ0n) is 15.0. The van der Waals surface area contributed by atoms with E-state index >= 15 is 0 Å². The van der Waals surface area contributed by atoms with Gasteiger partial charge in [-0.15, -0.1) is 0 Å². The van der Waals surface area contributed by atoms with Crippen molar-refractivity contribution in [3.63, 3.8) is 0 Å². The van der Waals surface area contributed by atoms with Gasteiger partial charge < -0.3 is 4.52 Å². The van der Waals surface area contributed by atoms with Gasteiger partial charge in [-0.1, -0.05) is 17.3 Å². The number of piperidine rings is 1. The van der Waals surface area contributed by atoms with Gasteiger partial charge in [0.15, 0.2) is 15.7 Å². The summed E-state index contributed by atoms with van der Waals surface area (Å²) in [6, 6.07) is 7.50. The van der Waals surface area contributed by atoms with Crippen molar-refractivity contribution in [3.8, 4) is 0 Å². The fourth-order valence-electron chi connectivity index (χ4n) is 3.50. The molecule has 1 saturated heterocycles. The molecule has 2 unspecified atom stereocenters. The van der Waals surface area contributed by atoms with Gasteiger partial charge in [-0.3, -0.25) is 4.90 Å². The van der Waals surface area contributed by atoms with Gasteiger partial charge in [0, 0.05) is 32.2 Å². The summed E-state index contributed by atoms with van der Waals surface area (Å²) in [6.45, 7) is 6.03. The summed E-state index contributed by atoms with van der Waals surface area (Å²) >= 11 is 0. The molecule has 1 fully saturated rings. The molecule has 7 heteroatoms. The SMILES string of the molecule is Cc1nc(CC2CCCN(C(C)c3ccc(S(C)(=O)=O)cc3)C2)no1. The standard InChI is InChI=1S/C18H25N3O3S/c1-13(16-6-8-17(9-7-16)25(3,22)23)21-10-4-5-15(12-21)11-18-19-14(2)24-20-18/h6-9,13,15H,4-5,10-12H2,1-3H3. The first kappa shape index (κ1) is 18.1. The van der Waals surface area contributed by atoms with Gasteiger partial charge in [-0.25, -0.2) is 8.42 Å². The van der Waals surface area contributed by atoms with E-state index in [1.54, 1.807) is 12.1 Å². The van der Waals surface area contributed by atoms with Gasteiger partial charge in [-0.2, -0.15) is 4.98 Å². The molecule has 0 saturated carbocycles. The van der Waals surface area contributed by atoms with E-state index in [4.69, 9.17) is 4.52 Å². The number of hydrogen-bond donors (Lipinski definition) is 0. The Hall–Kier alpha value is -1.73. The predicted octanol–water partition coefficient (Wildman–Crippen LogP) is 2.80. The number of benzene rings is 1. The Morgan fingerprint density at radius 3 is 2.64 bits per heavy atom. The highest BCUT2D eigenvalue weighted by Gasteiger charge is 2.25. The van der Waals surface area contributed by atoms with Crippen molar-refractivity contribution in [1.29, 1.82) is 0 Å². The Balaban J connectivity index is 1.66. The van der Waals surface area contributed by atoms with E-state index in [-0.39, 0.29) is 6.04 Å². The van der Waals surface area contributed by atoms with Crippen LogP contribution in [0.1, 0.15) is 43.1 Å². The monoisotopic (exact) mass is 363 g/mol. The Labute approximate surface area is 149 Å². The molecular weight excluding hydrogens is 338 g/mol. The van der Waals surface area contributed by atoms with Crippen LogP contribution in [0.15, 0.2) is 33.7 Å². The van der Waals surface area contributed by atoms with Crippen LogP contribution in [0.5, 0.6) is 0 Å². The number of rotatable bonds is 5. The molecule has 3 rings (SSSR count). The first-order valence-electron chi connectivity index (χ1n) is 8.66. The lowest BCUT2D eigenvalue weighted by molar-refractivity contribution is 0.130. The third-order valence-corrected chi connectivity index (χ3v) is 6.06. The van der Waals surface area contributed by atoms with Crippen molar-refractivity contribution in [2.45, 2.75) is 44.0 Å². The zero-order chi connectivity index (χ0) is 18.0. The minimum Gasteiger partial charge on any atom is -0.340 e. The van der Waals surface area contributed by atoms with Crippen molar-refractivity contribution in [2.75, 3.05) is 19.3 Å². The van der Waals surface area contributed by atoms with Gasteiger partial charge >= 0.3 is 0 Å². The molecule has 0 spiro atoms. The number of likely N-dealkylation sites (tertiary alicyclic amines) is 1. The summed E-state index contributed by atoms with van der Waals surface area (Å²) in [5.74, 6) is 1.92. The first-order chi connectivity index (χ1) is 11.8. The second kappa shape index (κ2) is 7.25. The second-order valence-corrected chi connectivity index (χ2v) is 8.97. The maximum atomic E-state index is 11.6. The fraction of sp³-hybridized carbons (Fsp3) is 0.556. The molecule has 0 aliphatic carbocycles. The lowest BCUT2D eigenvalue weighted by atomic mass is 9.92. The van der Waals surface area contributed by atoms with Gasteiger partial charge in [0.2, 0.25) is 5.89 Å². The van der Waals surface area contributed by atoms with Crippen LogP contribution in [0.4, 0.5) is 0 Å². The molecule has 136 valence electrons. The molecular formula is C18H25N3O3S. The van der Waals surface area contributed by atoms with Crippen molar-refractivity contribution in [2.24, 2.45) is 5.92 Å². The number of nitrogens with zero attached hydrogens (tertiary/aromatic N) is 3. The highest BCUT2D eigenvalue weighted by molar-refractivity contribution is 7.90. The molecule has 0 amide bonds. The molecule has 2 atom stereocenters. The smallest absolute Gasteiger partial charge is 0.223 e. The molecule has 0 bridgehead atoms. The van der Waals surface area contributed by atoms with Crippen molar-refractivity contribution >= 4 is 9.84 Å². The van der Waals surface area contributed by atoms with Crippen LogP contribution in [0.25, 0.3) is 0 Å². The molecule has 1 aromatic carbocycles. The van der Waals surface area contributed by atoms with E-state index < -0.39 is 9.84 Å². The minimum atomic E-state index is -3.15. The van der Waals surface area contributed by atoms with Crippen LogP contribution < -0.4 is 0 Å². The van der Waals surface area contributed by atoms with Gasteiger partial charge in [0.25, 0.3) is 0 Å². The van der Waals surface area contributed by atoms with E-state index in [0.717, 1.165) is 37.3 Å². The topological polar surface area (TPSA) is 76.3 Å². The van der Waals surface area contributed by atoms with Crippen LogP contribution in [0, 0.1) is 12.8 Å². The van der Waals surface area contributed by atoms with E-state index in [1.807, 2.05) is 19.1 Å². The lowest BCUT2D eigenvalue weighted by Gasteiger charge is -2.36. The second-order valence-electron chi connectivity index (χ2n) is 6.95. The normalized spacial score (nSPS) is 20.5. The van der Waals surface area contributed by atoms with Crippen LogP contribution in [-0.2, 0) is 16.3 Å². The van der Waals surface area contributed by atoms with Crippen LogP contribution >= 0.6 is 0 Å². The minimum absolute atomic E-state index is 0.253. The zero-order valence-corrected chi connectivity index (χ0v) is 15.8. The quantitative estimate of drug-likeness (QED) is 0.813. The number of sulfone groups is 1. The Morgan fingerprint density at radius 1 is 1.32 bits per heavy atom. The average molecular weight is 363 g/mol. The largest absolute Gasteiger partial charge is 0.340 e. The molecule has 2 heterocycles. The Bertz CT molecular complexity index is 814. The number of hydrogen-bond acceptors (Lipinski definition) is 6. The Kier molecular flexibility index (Phi) is 5.24. The summed E-state index contributed by atoms with van der Waals surface area (Å²) in [4.78, 5) is 7.14. The van der Waals surface area contributed by atoms with Crippen molar-refractivity contribution in [3.05, 3.63) is 41.5 Å². The fourth-order valence-corrected chi connectivity index (χ4v) is 4.13. The highest BCUT2D eigenvalue weighted by Crippen LogP contribution is 2.28. The van der Waals surface area contributed by atoms with E-state index in [0.29, 0.717) is 16.7 Å². The number of aromatic nitrogens is 2. The summed E-state index contributed by atoms with van der Waals surface area (Å²) in [5, 5.41) is 4.01. The summed E-state index contributed by atoms with van der Waals surface area (Å²) in [6.07, 6.45) is 4.39. The van der Waals surface area contributed by atoms with Gasteiger partial charge in [0.1, 0.15) is 0 Å². The molecule has 0 radical (unpaired) electrons. The summed E-state index contributed by atoms with van der Waals surface area (Å²) in [5.41, 5.74) is 1.14. The van der Waals surface area contributed by atoms with E-state index in [2.05, 4.69) is 22.0 Å². The van der Waals surface area contributed by atoms with Crippen LogP contribution in [-0.4, -0.2) is 42.8 Å². The molecule has 1 aromatic heterocycles. The van der Waals surface area contributed by atoms with Crippen LogP contribution in [0.2, 0.25) is 0 Å². The molecule has 1 aliphatic heterocycles. The van der Waals surface area contributed by atoms with Crippen molar-refractivity contribution in [1.82, 2.24) is 15.0 Å². The molecule has 2 aromatic rings. The van der Waals surface area contributed by atoms with Gasteiger partial charge in [0.05, 0.1) is 4.90 Å². The van der Waals surface area contributed by atoms with Crippen molar-refractivity contribution < 1.29 is 12.9 Å². The van der Waals surface area contributed by atoms with Gasteiger partial charge in [-0.05, 0) is 49.9 Å². The highest BCUT2D eigenvalue weighted by atomic mass is 32.2. The first-order valence-corrected chi connectivity index (χ1v) is 10.6. The molecule has 1 aliphatic rings. The maximum Gasteiger partial charge on any atom is 0.223 e. The molecule has 6 nitrogen and oxygen atoms in total. The third kappa shape index (κ3) is 4.46. The molecule has 25 heavy (non-hydrogen) atoms. The average Bonchev–Trinajstić information content (AvgIpc) is 2.98. The summed E-state index contributed by atoms with van der Waals surface area (Å²) in [7, 11) is -3.15. The third-order valence-electron chi connectivity index (χ3n) is 4.93. The van der Waals surface area contributed by atoms with E-state index in [1.165, 1.54) is 12.7 Å².